The van der Waals surface area contributed by atoms with E-state index in [0.29, 0.717) is 13.0 Å². The molecule has 1 atom stereocenters. The maximum atomic E-state index is 12.3. The molecular formula is C11H17F3N2O2. The van der Waals surface area contributed by atoms with Crippen molar-refractivity contribution in [3.05, 3.63) is 0 Å². The highest BCUT2D eigenvalue weighted by Gasteiger charge is 2.44. The number of carbonyl (C=O) groups excluding carboxylic acids is 1. The summed E-state index contributed by atoms with van der Waals surface area (Å²) in [7, 11) is 0. The Kier molecular flexibility index (Phi) is 3.82. The molecule has 2 rings (SSSR count). The highest BCUT2D eigenvalue weighted by molar-refractivity contribution is 5.84. The molecule has 0 aromatic rings. The van der Waals surface area contributed by atoms with Crippen molar-refractivity contribution in [2.24, 2.45) is 0 Å². The Labute approximate surface area is 103 Å². The third-order valence-corrected chi connectivity index (χ3v) is 3.41. The van der Waals surface area contributed by atoms with Crippen LogP contribution in [0.1, 0.15) is 19.3 Å². The Morgan fingerprint density at radius 3 is 2.50 bits per heavy atom. The Morgan fingerprint density at radius 1 is 1.33 bits per heavy atom. The molecule has 0 aromatic carbocycles. The van der Waals surface area contributed by atoms with Gasteiger partial charge < -0.3 is 10.0 Å². The van der Waals surface area contributed by atoms with Gasteiger partial charge in [0.25, 0.3) is 0 Å². The average molecular weight is 266 g/mol. The van der Waals surface area contributed by atoms with Gasteiger partial charge in [-0.05, 0) is 19.3 Å². The zero-order chi connectivity index (χ0) is 13.3. The molecule has 1 aliphatic heterocycles. The molecule has 104 valence electrons. The van der Waals surface area contributed by atoms with Gasteiger partial charge in [-0.15, -0.1) is 0 Å². The standard InChI is InChI=1S/C11H17F3N2O2/c12-11(13,14)7-15-4-3-9(10(15)18)16(5-6-17)8-1-2-8/h8-9,17H,1-7H2. The molecule has 2 aliphatic rings. The summed E-state index contributed by atoms with van der Waals surface area (Å²) in [5.74, 6) is -0.451. The second-order valence-corrected chi connectivity index (χ2v) is 4.87. The molecule has 0 spiro atoms. The number of amides is 1. The maximum Gasteiger partial charge on any atom is 0.406 e. The monoisotopic (exact) mass is 266 g/mol. The number of aliphatic hydroxyl groups is 1. The van der Waals surface area contributed by atoms with Crippen molar-refractivity contribution >= 4 is 5.91 Å². The summed E-state index contributed by atoms with van der Waals surface area (Å²) in [6.45, 7) is -0.724. The summed E-state index contributed by atoms with van der Waals surface area (Å²) >= 11 is 0. The van der Waals surface area contributed by atoms with E-state index in [0.717, 1.165) is 17.7 Å². The molecule has 2 fully saturated rings. The maximum absolute atomic E-state index is 12.3. The fraction of sp³-hybridized carbons (Fsp3) is 0.909. The van der Waals surface area contributed by atoms with E-state index in [1.807, 2.05) is 4.90 Å². The number of halogens is 3. The van der Waals surface area contributed by atoms with E-state index in [2.05, 4.69) is 0 Å². The molecule has 7 heteroatoms. The molecule has 0 bridgehead atoms. The first kappa shape index (κ1) is 13.6. The largest absolute Gasteiger partial charge is 0.406 e. The topological polar surface area (TPSA) is 43.8 Å². The van der Waals surface area contributed by atoms with Gasteiger partial charge in [0.05, 0.1) is 12.6 Å². The summed E-state index contributed by atoms with van der Waals surface area (Å²) in [5, 5.41) is 8.97. The minimum Gasteiger partial charge on any atom is -0.395 e. The molecule has 1 saturated carbocycles. The lowest BCUT2D eigenvalue weighted by Crippen LogP contribution is -2.46. The first-order chi connectivity index (χ1) is 8.42. The van der Waals surface area contributed by atoms with Gasteiger partial charge in [-0.25, -0.2) is 0 Å². The van der Waals surface area contributed by atoms with Crippen molar-refractivity contribution in [1.29, 1.82) is 0 Å². The molecule has 0 radical (unpaired) electrons. The third kappa shape index (κ3) is 3.14. The van der Waals surface area contributed by atoms with E-state index in [1.54, 1.807) is 0 Å². The molecule has 1 saturated heterocycles. The summed E-state index contributed by atoms with van der Waals surface area (Å²) < 4.78 is 36.8. The Balaban J connectivity index is 1.97. The predicted molar refractivity (Wildman–Crippen MR) is 57.9 cm³/mol. The number of carbonyl (C=O) groups is 1. The molecule has 4 nitrogen and oxygen atoms in total. The lowest BCUT2D eigenvalue weighted by atomic mass is 10.2. The van der Waals surface area contributed by atoms with Crippen LogP contribution in [0.25, 0.3) is 0 Å². The highest BCUT2D eigenvalue weighted by atomic mass is 19.4. The molecule has 1 amide bonds. The van der Waals surface area contributed by atoms with Crippen molar-refractivity contribution in [2.75, 3.05) is 26.2 Å². The second kappa shape index (κ2) is 5.05. The van der Waals surface area contributed by atoms with Gasteiger partial charge in [0.15, 0.2) is 0 Å². The van der Waals surface area contributed by atoms with Crippen molar-refractivity contribution in [2.45, 2.75) is 37.5 Å². The van der Waals surface area contributed by atoms with Gasteiger partial charge in [0.2, 0.25) is 5.91 Å². The van der Waals surface area contributed by atoms with Crippen LogP contribution < -0.4 is 0 Å². The van der Waals surface area contributed by atoms with E-state index in [4.69, 9.17) is 5.11 Å². The van der Waals surface area contributed by atoms with Crippen molar-refractivity contribution in [3.8, 4) is 0 Å². The fourth-order valence-corrected chi connectivity index (χ4v) is 2.52. The molecule has 1 N–H and O–H groups in total. The number of hydrogen-bond donors (Lipinski definition) is 1. The molecule has 1 unspecified atom stereocenters. The first-order valence-corrected chi connectivity index (χ1v) is 6.14. The van der Waals surface area contributed by atoms with Crippen LogP contribution in [0.3, 0.4) is 0 Å². The van der Waals surface area contributed by atoms with Crippen LogP contribution in [0, 0.1) is 0 Å². The SMILES string of the molecule is O=C1C(N(CCO)C2CC2)CCN1CC(F)(F)F. The van der Waals surface area contributed by atoms with E-state index >= 15 is 0 Å². The zero-order valence-electron chi connectivity index (χ0n) is 9.99. The van der Waals surface area contributed by atoms with Gasteiger partial charge in [-0.1, -0.05) is 0 Å². The minimum absolute atomic E-state index is 0.0699. The normalized spacial score (nSPS) is 25.3. The van der Waals surface area contributed by atoms with Crippen LogP contribution in [-0.2, 0) is 4.79 Å². The zero-order valence-corrected chi connectivity index (χ0v) is 9.99. The fourth-order valence-electron chi connectivity index (χ4n) is 2.52. The van der Waals surface area contributed by atoms with Gasteiger partial charge >= 0.3 is 6.18 Å². The average Bonchev–Trinajstić information content (AvgIpc) is 3.03. The summed E-state index contributed by atoms with van der Waals surface area (Å²) in [4.78, 5) is 14.7. The highest BCUT2D eigenvalue weighted by Crippen LogP contribution is 2.32. The summed E-state index contributed by atoms with van der Waals surface area (Å²) in [5.41, 5.74) is 0. The second-order valence-electron chi connectivity index (χ2n) is 4.87. The van der Waals surface area contributed by atoms with Crippen LogP contribution in [0.4, 0.5) is 13.2 Å². The Morgan fingerprint density at radius 2 is 2.00 bits per heavy atom. The van der Waals surface area contributed by atoms with Crippen LogP contribution in [0.2, 0.25) is 0 Å². The lowest BCUT2D eigenvalue weighted by molar-refractivity contribution is -0.159. The van der Waals surface area contributed by atoms with Crippen LogP contribution in [0.15, 0.2) is 0 Å². The summed E-state index contributed by atoms with van der Waals surface area (Å²) in [6, 6.07) is -0.219. The Hall–Kier alpha value is -0.820. The van der Waals surface area contributed by atoms with Crippen molar-refractivity contribution < 1.29 is 23.1 Å². The number of rotatable bonds is 5. The van der Waals surface area contributed by atoms with Gasteiger partial charge in [0.1, 0.15) is 6.54 Å². The number of likely N-dealkylation sites (tertiary alicyclic amines) is 1. The van der Waals surface area contributed by atoms with Crippen LogP contribution in [0.5, 0.6) is 0 Å². The molecular weight excluding hydrogens is 249 g/mol. The van der Waals surface area contributed by atoms with Crippen molar-refractivity contribution in [1.82, 2.24) is 9.80 Å². The molecule has 0 aromatic heterocycles. The van der Waals surface area contributed by atoms with E-state index < -0.39 is 24.7 Å². The summed E-state index contributed by atoms with van der Waals surface area (Å²) in [6.07, 6.45) is -2.00. The van der Waals surface area contributed by atoms with Gasteiger partial charge in [-0.3, -0.25) is 9.69 Å². The quantitative estimate of drug-likeness (QED) is 0.793. The third-order valence-electron chi connectivity index (χ3n) is 3.41. The number of hydrogen-bond acceptors (Lipinski definition) is 3. The smallest absolute Gasteiger partial charge is 0.395 e. The molecule has 18 heavy (non-hydrogen) atoms. The van der Waals surface area contributed by atoms with E-state index in [1.165, 1.54) is 0 Å². The molecule has 1 heterocycles. The Bertz CT molecular complexity index is 318. The lowest BCUT2D eigenvalue weighted by Gasteiger charge is -2.27. The predicted octanol–water partition coefficient (Wildman–Crippen LogP) is 0.606. The number of aliphatic hydroxyl groups excluding tert-OH is 1. The van der Waals surface area contributed by atoms with E-state index in [9.17, 15) is 18.0 Å². The van der Waals surface area contributed by atoms with Crippen molar-refractivity contribution in [3.63, 3.8) is 0 Å². The van der Waals surface area contributed by atoms with E-state index in [-0.39, 0.29) is 19.2 Å². The van der Waals surface area contributed by atoms with Gasteiger partial charge in [0, 0.05) is 19.1 Å². The van der Waals surface area contributed by atoms with Gasteiger partial charge in [-0.2, -0.15) is 13.2 Å². The molecule has 1 aliphatic carbocycles. The van der Waals surface area contributed by atoms with Crippen LogP contribution in [-0.4, -0.2) is 65.3 Å². The van der Waals surface area contributed by atoms with Crippen LogP contribution >= 0.6 is 0 Å². The number of nitrogens with zero attached hydrogens (tertiary/aromatic N) is 2. The number of alkyl halides is 3. The first-order valence-electron chi connectivity index (χ1n) is 6.14. The minimum atomic E-state index is -4.34.